The summed E-state index contributed by atoms with van der Waals surface area (Å²) in [4.78, 5) is 17.0. The minimum Gasteiger partial charge on any atom is -0.469 e. The van der Waals surface area contributed by atoms with E-state index in [4.69, 9.17) is 9.57 Å². The van der Waals surface area contributed by atoms with Crippen LogP contribution in [-0.2, 0) is 21.0 Å². The van der Waals surface area contributed by atoms with E-state index in [-0.39, 0.29) is 11.9 Å². The number of nitrogens with one attached hydrogen (secondary N) is 1. The van der Waals surface area contributed by atoms with Crippen molar-refractivity contribution in [2.24, 2.45) is 11.8 Å². The molecule has 1 aromatic rings. The van der Waals surface area contributed by atoms with Gasteiger partial charge in [-0.15, -0.1) is 0 Å². The Morgan fingerprint density at radius 1 is 1.37 bits per heavy atom. The van der Waals surface area contributed by atoms with Gasteiger partial charge in [-0.1, -0.05) is 43.2 Å². The number of hydrogen-bond donors (Lipinski definition) is 1. The lowest BCUT2D eigenvalue weighted by Crippen LogP contribution is -2.30. The Balaban J connectivity index is 1.68. The van der Waals surface area contributed by atoms with E-state index in [1.807, 2.05) is 30.3 Å². The molecule has 0 aliphatic heterocycles. The van der Waals surface area contributed by atoms with Gasteiger partial charge in [-0.25, -0.2) is 5.48 Å². The summed E-state index contributed by atoms with van der Waals surface area (Å²) in [6.45, 7) is 1.01. The topological polar surface area (TPSA) is 47.6 Å². The van der Waals surface area contributed by atoms with Crippen molar-refractivity contribution in [1.82, 2.24) is 5.48 Å². The number of carbonyl (C=O) groups is 1. The molecule has 0 saturated heterocycles. The van der Waals surface area contributed by atoms with Crippen LogP contribution in [0.4, 0.5) is 0 Å². The highest BCUT2D eigenvalue weighted by Gasteiger charge is 2.29. The molecule has 19 heavy (non-hydrogen) atoms. The Morgan fingerprint density at radius 3 is 2.74 bits per heavy atom. The van der Waals surface area contributed by atoms with Crippen molar-refractivity contribution in [2.45, 2.75) is 25.9 Å². The van der Waals surface area contributed by atoms with Crippen LogP contribution in [0.1, 0.15) is 24.8 Å². The molecule has 1 saturated carbocycles. The molecular weight excluding hydrogens is 242 g/mol. The number of esters is 1. The molecule has 1 N–H and O–H groups in total. The number of methoxy groups -OCH3 is 1. The summed E-state index contributed by atoms with van der Waals surface area (Å²) in [5.74, 6) is 0.441. The number of hydrogen-bond acceptors (Lipinski definition) is 4. The molecule has 0 spiro atoms. The summed E-state index contributed by atoms with van der Waals surface area (Å²) in [5, 5.41) is 0. The summed E-state index contributed by atoms with van der Waals surface area (Å²) in [5.41, 5.74) is 3.99. The summed E-state index contributed by atoms with van der Waals surface area (Å²) in [7, 11) is 1.44. The molecule has 1 aromatic carbocycles. The minimum atomic E-state index is -0.150. The first kappa shape index (κ1) is 14.0. The van der Waals surface area contributed by atoms with E-state index in [1.165, 1.54) is 20.0 Å². The zero-order valence-corrected chi connectivity index (χ0v) is 11.3. The molecule has 4 heteroatoms. The quantitative estimate of drug-likeness (QED) is 0.444. The second-order valence-corrected chi connectivity index (χ2v) is 5.02. The first-order valence-electron chi connectivity index (χ1n) is 6.76. The van der Waals surface area contributed by atoms with Crippen molar-refractivity contribution < 1.29 is 14.4 Å². The second-order valence-electron chi connectivity index (χ2n) is 5.02. The van der Waals surface area contributed by atoms with Gasteiger partial charge >= 0.3 is 5.97 Å². The van der Waals surface area contributed by atoms with Crippen molar-refractivity contribution in [2.75, 3.05) is 13.7 Å². The number of ether oxygens (including phenoxy) is 1. The average Bonchev–Trinajstić information content (AvgIpc) is 3.26. The lowest BCUT2D eigenvalue weighted by atomic mass is 10.0. The summed E-state index contributed by atoms with van der Waals surface area (Å²) < 4.78 is 4.82. The maximum absolute atomic E-state index is 11.6. The largest absolute Gasteiger partial charge is 0.469 e. The molecule has 1 aliphatic rings. The average molecular weight is 263 g/mol. The molecule has 104 valence electrons. The molecular formula is C15H21NO3. The zero-order chi connectivity index (χ0) is 13.5. The van der Waals surface area contributed by atoms with Crippen LogP contribution >= 0.6 is 0 Å². The number of hydroxylamine groups is 1. The monoisotopic (exact) mass is 263 g/mol. The van der Waals surface area contributed by atoms with Crippen LogP contribution < -0.4 is 5.48 Å². The normalized spacial score (nSPS) is 16.1. The van der Waals surface area contributed by atoms with Crippen molar-refractivity contribution in [1.29, 1.82) is 0 Å². The van der Waals surface area contributed by atoms with Crippen LogP contribution in [0, 0.1) is 11.8 Å². The third-order valence-electron chi connectivity index (χ3n) is 3.36. The SMILES string of the molecule is COC(=O)[C@H](CNOCc1ccccc1)CC1CC1. The molecule has 2 rings (SSSR count). The molecule has 1 atom stereocenters. The van der Waals surface area contributed by atoms with Crippen molar-refractivity contribution in [3.05, 3.63) is 35.9 Å². The van der Waals surface area contributed by atoms with Gasteiger partial charge in [0.05, 0.1) is 19.6 Å². The Morgan fingerprint density at radius 2 is 2.11 bits per heavy atom. The predicted octanol–water partition coefficient (Wildman–Crippen LogP) is 2.30. The van der Waals surface area contributed by atoms with Gasteiger partial charge in [0.2, 0.25) is 0 Å². The Bertz CT molecular complexity index is 390. The summed E-state index contributed by atoms with van der Waals surface area (Å²) >= 11 is 0. The predicted molar refractivity (Wildman–Crippen MR) is 72.1 cm³/mol. The molecule has 0 heterocycles. The van der Waals surface area contributed by atoms with Gasteiger partial charge in [0.1, 0.15) is 0 Å². The molecule has 0 unspecified atom stereocenters. The summed E-state index contributed by atoms with van der Waals surface area (Å²) in [6.07, 6.45) is 3.37. The number of benzene rings is 1. The smallest absolute Gasteiger partial charge is 0.310 e. The first-order chi connectivity index (χ1) is 9.29. The number of rotatable bonds is 8. The number of carbonyl (C=O) groups excluding carboxylic acids is 1. The van der Waals surface area contributed by atoms with Gasteiger partial charge in [0.15, 0.2) is 0 Å². The second kappa shape index (κ2) is 7.26. The Hall–Kier alpha value is -1.39. The van der Waals surface area contributed by atoms with Crippen LogP contribution in [0.15, 0.2) is 30.3 Å². The Labute approximate surface area is 114 Å². The first-order valence-corrected chi connectivity index (χ1v) is 6.76. The maximum atomic E-state index is 11.6. The third kappa shape index (κ3) is 5.01. The van der Waals surface area contributed by atoms with Gasteiger partial charge in [0.25, 0.3) is 0 Å². The fraction of sp³-hybridized carbons (Fsp3) is 0.533. The van der Waals surface area contributed by atoms with Crippen molar-refractivity contribution in [3.8, 4) is 0 Å². The van der Waals surface area contributed by atoms with Crippen LogP contribution in [0.3, 0.4) is 0 Å². The highest BCUT2D eigenvalue weighted by atomic mass is 16.6. The van der Waals surface area contributed by atoms with E-state index < -0.39 is 0 Å². The van der Waals surface area contributed by atoms with Gasteiger partial charge in [-0.2, -0.15) is 0 Å². The van der Waals surface area contributed by atoms with Crippen molar-refractivity contribution >= 4 is 5.97 Å². The standard InChI is InChI=1S/C15H21NO3/c1-18-15(17)14(9-12-7-8-12)10-16-19-11-13-5-3-2-4-6-13/h2-6,12,14,16H,7-11H2,1H3/t14-/m0/s1. The van der Waals surface area contributed by atoms with Gasteiger partial charge < -0.3 is 4.74 Å². The lowest BCUT2D eigenvalue weighted by molar-refractivity contribution is -0.146. The summed E-state index contributed by atoms with van der Waals surface area (Å²) in [6, 6.07) is 9.93. The van der Waals surface area contributed by atoms with Gasteiger partial charge in [-0.05, 0) is 17.9 Å². The molecule has 1 aliphatic carbocycles. The van der Waals surface area contributed by atoms with Crippen LogP contribution in [0.2, 0.25) is 0 Å². The van der Waals surface area contributed by atoms with Crippen LogP contribution in [0.5, 0.6) is 0 Å². The highest BCUT2D eigenvalue weighted by Crippen LogP contribution is 2.35. The van der Waals surface area contributed by atoms with E-state index in [9.17, 15) is 4.79 Å². The third-order valence-corrected chi connectivity index (χ3v) is 3.36. The van der Waals surface area contributed by atoms with E-state index in [0.29, 0.717) is 19.1 Å². The molecule has 0 radical (unpaired) electrons. The molecule has 4 nitrogen and oxygen atoms in total. The molecule has 0 amide bonds. The fourth-order valence-electron chi connectivity index (χ4n) is 2.05. The van der Waals surface area contributed by atoms with Crippen molar-refractivity contribution in [3.63, 3.8) is 0 Å². The molecule has 0 aromatic heterocycles. The van der Waals surface area contributed by atoms with Crippen LogP contribution in [-0.4, -0.2) is 19.6 Å². The minimum absolute atomic E-state index is 0.103. The fourth-order valence-corrected chi connectivity index (χ4v) is 2.05. The van der Waals surface area contributed by atoms with Gasteiger partial charge in [0, 0.05) is 6.54 Å². The van der Waals surface area contributed by atoms with E-state index >= 15 is 0 Å². The maximum Gasteiger partial charge on any atom is 0.310 e. The van der Waals surface area contributed by atoms with Crippen LogP contribution in [0.25, 0.3) is 0 Å². The van der Waals surface area contributed by atoms with E-state index in [2.05, 4.69) is 5.48 Å². The zero-order valence-electron chi connectivity index (χ0n) is 11.3. The van der Waals surface area contributed by atoms with E-state index in [1.54, 1.807) is 0 Å². The van der Waals surface area contributed by atoms with E-state index in [0.717, 1.165) is 12.0 Å². The lowest BCUT2D eigenvalue weighted by Gasteiger charge is -2.15. The highest BCUT2D eigenvalue weighted by molar-refractivity contribution is 5.72. The Kier molecular flexibility index (Phi) is 5.36. The molecule has 0 bridgehead atoms. The molecule has 1 fully saturated rings. The van der Waals surface area contributed by atoms with Gasteiger partial charge in [-0.3, -0.25) is 9.63 Å².